The van der Waals surface area contributed by atoms with Crippen molar-refractivity contribution < 1.29 is 14.5 Å². The van der Waals surface area contributed by atoms with Crippen LogP contribution in [0.15, 0.2) is 64.9 Å². The Hall–Kier alpha value is -4.82. The van der Waals surface area contributed by atoms with Crippen LogP contribution in [-0.2, 0) is 9.68 Å². The van der Waals surface area contributed by atoms with Crippen molar-refractivity contribution in [1.82, 2.24) is 15.0 Å². The molecular weight excluding hydrogens is 454 g/mol. The highest BCUT2D eigenvalue weighted by Gasteiger charge is 2.00. The van der Waals surface area contributed by atoms with Crippen LogP contribution < -0.4 is 0 Å². The van der Waals surface area contributed by atoms with Crippen LogP contribution in [0, 0.1) is 38.0 Å². The molecule has 0 bridgehead atoms. The summed E-state index contributed by atoms with van der Waals surface area (Å²) in [6.07, 6.45) is 5.70. The van der Waals surface area contributed by atoms with E-state index in [2.05, 4.69) is 43.0 Å². The van der Waals surface area contributed by atoms with Gasteiger partial charge in [0.1, 0.15) is 22.8 Å². The lowest BCUT2D eigenvalue weighted by atomic mass is 10.2. The van der Waals surface area contributed by atoms with Crippen molar-refractivity contribution in [2.45, 2.75) is 27.7 Å². The van der Waals surface area contributed by atoms with E-state index in [4.69, 9.17) is 16.1 Å². The number of hydrogen-bond acceptors (Lipinski definition) is 8. The molecule has 0 saturated heterocycles. The first-order valence-electron chi connectivity index (χ1n) is 11.0. The smallest absolute Gasteiger partial charge is 0.177 e. The summed E-state index contributed by atoms with van der Waals surface area (Å²) < 4.78 is 0. The summed E-state index contributed by atoms with van der Waals surface area (Å²) in [6, 6.07) is 16.5. The maximum absolute atomic E-state index is 10.6. The van der Waals surface area contributed by atoms with Crippen LogP contribution in [0.5, 0.6) is 0 Å². The second-order valence-electron chi connectivity index (χ2n) is 7.30. The van der Waals surface area contributed by atoms with Crippen molar-refractivity contribution >= 4 is 17.7 Å². The third kappa shape index (κ3) is 9.98. The van der Waals surface area contributed by atoms with E-state index >= 15 is 0 Å². The number of terminal acetylenes is 1. The minimum Gasteiger partial charge on any atom is -0.382 e. The number of rotatable bonds is 7. The first kappa shape index (κ1) is 27.4. The van der Waals surface area contributed by atoms with Gasteiger partial charge in [-0.2, -0.15) is 0 Å². The van der Waals surface area contributed by atoms with E-state index in [0.717, 1.165) is 28.5 Å². The molecule has 3 heterocycles. The predicted molar refractivity (Wildman–Crippen MR) is 140 cm³/mol. The number of nitrogens with zero attached hydrogens (tertiary/aromatic N) is 5. The maximum atomic E-state index is 10.6. The zero-order valence-corrected chi connectivity index (χ0v) is 20.7. The highest BCUT2D eigenvalue weighted by molar-refractivity contribution is 5.96. The molecule has 182 valence electrons. The maximum Gasteiger partial charge on any atom is 0.177 e. The number of oxime groups is 2. The van der Waals surface area contributed by atoms with Gasteiger partial charge < -0.3 is 9.68 Å². The van der Waals surface area contributed by atoms with Gasteiger partial charge in [0.05, 0.1) is 11.4 Å². The van der Waals surface area contributed by atoms with Gasteiger partial charge in [0.2, 0.25) is 0 Å². The molecule has 3 rings (SSSR count). The Morgan fingerprint density at radius 2 is 1.42 bits per heavy atom. The average Bonchev–Trinajstić information content (AvgIpc) is 2.89. The first-order valence-corrected chi connectivity index (χ1v) is 11.0. The van der Waals surface area contributed by atoms with E-state index in [1.165, 1.54) is 0 Å². The van der Waals surface area contributed by atoms with Crippen molar-refractivity contribution in [2.24, 2.45) is 10.3 Å². The molecule has 0 aromatic carbocycles. The van der Waals surface area contributed by atoms with Crippen molar-refractivity contribution in [3.63, 3.8) is 0 Å². The lowest BCUT2D eigenvalue weighted by Crippen LogP contribution is -2.00. The highest BCUT2D eigenvalue weighted by atomic mass is 16.6. The van der Waals surface area contributed by atoms with E-state index in [9.17, 15) is 4.79 Å². The molecule has 0 fully saturated rings. The first-order chi connectivity index (χ1) is 17.4. The van der Waals surface area contributed by atoms with Gasteiger partial charge in [0.15, 0.2) is 19.5 Å². The number of aryl methyl sites for hydroxylation is 2. The van der Waals surface area contributed by atoms with Gasteiger partial charge in [0, 0.05) is 11.4 Å². The summed E-state index contributed by atoms with van der Waals surface area (Å²) >= 11 is 0. The van der Waals surface area contributed by atoms with Crippen LogP contribution in [0.3, 0.4) is 0 Å². The third-order valence-electron chi connectivity index (χ3n) is 4.31. The average molecular weight is 482 g/mol. The molecule has 8 heteroatoms. The van der Waals surface area contributed by atoms with E-state index in [0.29, 0.717) is 23.4 Å². The van der Waals surface area contributed by atoms with Crippen molar-refractivity contribution in [3.8, 4) is 24.2 Å². The Bertz CT molecular complexity index is 1330. The number of aldehydes is 1. The molecule has 0 saturated carbocycles. The SMILES string of the molecule is C#CCO/N=C(\C)c1cccc(C)n1.C/C(=N\OCC#Cc1cccc(C=O)n1)c1cccc(C)n1. The zero-order chi connectivity index (χ0) is 26.2. The zero-order valence-electron chi connectivity index (χ0n) is 20.7. The molecule has 3 aromatic heterocycles. The normalized spacial score (nSPS) is 10.6. The molecule has 0 atom stereocenters. The minimum atomic E-state index is 0.135. The molecule has 36 heavy (non-hydrogen) atoms. The summed E-state index contributed by atoms with van der Waals surface area (Å²) in [5, 5.41) is 7.81. The Morgan fingerprint density at radius 1 is 0.861 bits per heavy atom. The van der Waals surface area contributed by atoms with Crippen molar-refractivity contribution in [1.29, 1.82) is 0 Å². The van der Waals surface area contributed by atoms with Gasteiger partial charge in [-0.1, -0.05) is 40.4 Å². The minimum absolute atomic E-state index is 0.135. The Labute approximate surface area is 211 Å². The number of carbonyl (C=O) groups is 1. The van der Waals surface area contributed by atoms with Gasteiger partial charge in [-0.3, -0.25) is 14.8 Å². The van der Waals surface area contributed by atoms with Crippen molar-refractivity contribution in [3.05, 3.63) is 88.8 Å². The summed E-state index contributed by atoms with van der Waals surface area (Å²) in [4.78, 5) is 33.3. The number of hydrogen-bond donors (Lipinski definition) is 0. The fourth-order valence-electron chi connectivity index (χ4n) is 2.62. The van der Waals surface area contributed by atoms with Crippen LogP contribution in [0.4, 0.5) is 0 Å². The second-order valence-corrected chi connectivity index (χ2v) is 7.30. The van der Waals surface area contributed by atoms with Crippen LogP contribution >= 0.6 is 0 Å². The number of aromatic nitrogens is 3. The molecular formula is C28H27N5O3. The lowest BCUT2D eigenvalue weighted by molar-refractivity contribution is 0.111. The molecule has 0 spiro atoms. The van der Waals surface area contributed by atoms with E-state index < -0.39 is 0 Å². The Balaban J connectivity index is 0.000000281. The Morgan fingerprint density at radius 3 is 1.94 bits per heavy atom. The summed E-state index contributed by atoms with van der Waals surface area (Å²) in [5.41, 5.74) is 5.74. The molecule has 0 aliphatic rings. The Kier molecular flexibility index (Phi) is 11.5. The summed E-state index contributed by atoms with van der Waals surface area (Å²) in [6.45, 7) is 7.82. The van der Waals surface area contributed by atoms with Crippen LogP contribution in [0.2, 0.25) is 0 Å². The standard InChI is InChI=1S/C17H15N3O2.C11H12N2O/c1-13-6-3-10-17(18-13)14(2)20-22-11-5-9-15-7-4-8-16(12-21)19-15;1-4-8-14-13-10(3)11-7-5-6-9(2)12-11/h3-4,6-8,10,12H,11H2,1-2H3;1,5-7H,8H2,2-3H3/b20-14+;13-10+. The lowest BCUT2D eigenvalue weighted by Gasteiger charge is -2.00. The van der Waals surface area contributed by atoms with Crippen LogP contribution in [0.1, 0.15) is 52.8 Å². The second kappa shape index (κ2) is 15.2. The van der Waals surface area contributed by atoms with Crippen molar-refractivity contribution in [2.75, 3.05) is 13.2 Å². The van der Waals surface area contributed by atoms with Crippen LogP contribution in [0.25, 0.3) is 0 Å². The number of pyridine rings is 3. The molecule has 0 aliphatic heterocycles. The molecule has 0 amide bonds. The van der Waals surface area contributed by atoms with Gasteiger partial charge in [-0.05, 0) is 70.0 Å². The topological polar surface area (TPSA) is 98.9 Å². The highest BCUT2D eigenvalue weighted by Crippen LogP contribution is 2.01. The van der Waals surface area contributed by atoms with Gasteiger partial charge in [-0.15, -0.1) is 6.42 Å². The van der Waals surface area contributed by atoms with Crippen LogP contribution in [-0.4, -0.2) is 45.9 Å². The molecule has 3 aromatic rings. The summed E-state index contributed by atoms with van der Waals surface area (Å²) in [5.74, 6) is 7.94. The summed E-state index contributed by atoms with van der Waals surface area (Å²) in [7, 11) is 0. The van der Waals surface area contributed by atoms with Gasteiger partial charge in [0.25, 0.3) is 0 Å². The fourth-order valence-corrected chi connectivity index (χ4v) is 2.62. The fraction of sp³-hybridized carbons (Fsp3) is 0.214. The molecule has 0 radical (unpaired) electrons. The monoisotopic (exact) mass is 481 g/mol. The quantitative estimate of drug-likeness (QED) is 0.165. The van der Waals surface area contributed by atoms with E-state index in [1.54, 1.807) is 18.2 Å². The molecule has 0 unspecified atom stereocenters. The third-order valence-corrected chi connectivity index (χ3v) is 4.31. The van der Waals surface area contributed by atoms with E-state index in [-0.39, 0.29) is 13.2 Å². The molecule has 0 aliphatic carbocycles. The largest absolute Gasteiger partial charge is 0.382 e. The predicted octanol–water partition coefficient (Wildman–Crippen LogP) is 4.15. The van der Waals surface area contributed by atoms with Gasteiger partial charge in [-0.25, -0.2) is 4.98 Å². The van der Waals surface area contributed by atoms with Gasteiger partial charge >= 0.3 is 0 Å². The molecule has 8 nitrogen and oxygen atoms in total. The van der Waals surface area contributed by atoms with E-state index in [1.807, 2.05) is 64.1 Å². The number of carbonyl (C=O) groups excluding carboxylic acids is 1. The molecule has 0 N–H and O–H groups in total.